The van der Waals surface area contributed by atoms with E-state index in [1.807, 2.05) is 36.4 Å². The van der Waals surface area contributed by atoms with Crippen LogP contribution in [0.1, 0.15) is 24.5 Å². The average Bonchev–Trinajstić information content (AvgIpc) is 3.43. The molecule has 1 amide bonds. The number of hydrogen-bond donors (Lipinski definition) is 1. The standard InChI is InChI=1S/C19H18N4O2S/c24-18(13-26-19-8-4-5-11-22(19)25)20-17-12-16(14-9-10-14)21-23(17)15-6-2-1-3-7-15/h1-8,11-12,14H,9-10,13H2,(H,20,24). The number of carbonyl (C=O) groups excluding carboxylic acids is 1. The van der Waals surface area contributed by atoms with E-state index in [9.17, 15) is 10.0 Å². The number of pyridine rings is 1. The van der Waals surface area contributed by atoms with Gasteiger partial charge in [0.1, 0.15) is 5.82 Å². The van der Waals surface area contributed by atoms with Crippen molar-refractivity contribution < 1.29 is 9.52 Å². The largest absolute Gasteiger partial charge is 0.618 e. The monoisotopic (exact) mass is 366 g/mol. The number of aromatic nitrogens is 3. The molecule has 1 aliphatic rings. The zero-order chi connectivity index (χ0) is 17.9. The third-order valence-corrected chi connectivity index (χ3v) is 5.15. The second-order valence-electron chi connectivity index (χ2n) is 6.18. The van der Waals surface area contributed by atoms with Crippen LogP contribution in [0.4, 0.5) is 5.82 Å². The summed E-state index contributed by atoms with van der Waals surface area (Å²) in [6.45, 7) is 0. The molecule has 26 heavy (non-hydrogen) atoms. The van der Waals surface area contributed by atoms with Gasteiger partial charge >= 0.3 is 0 Å². The normalized spacial score (nSPS) is 13.5. The Hall–Kier alpha value is -2.80. The molecule has 0 spiro atoms. The molecular weight excluding hydrogens is 348 g/mol. The van der Waals surface area contributed by atoms with Crippen molar-refractivity contribution in [2.24, 2.45) is 0 Å². The van der Waals surface area contributed by atoms with E-state index in [-0.39, 0.29) is 11.7 Å². The number of hydrogen-bond acceptors (Lipinski definition) is 4. The molecule has 2 aromatic heterocycles. The Morgan fingerprint density at radius 3 is 2.73 bits per heavy atom. The first-order valence-electron chi connectivity index (χ1n) is 8.47. The fourth-order valence-corrected chi connectivity index (χ4v) is 3.39. The van der Waals surface area contributed by atoms with Crippen molar-refractivity contribution in [3.63, 3.8) is 0 Å². The van der Waals surface area contributed by atoms with Crippen LogP contribution in [0.25, 0.3) is 5.69 Å². The lowest BCUT2D eigenvalue weighted by molar-refractivity contribution is -0.645. The lowest BCUT2D eigenvalue weighted by Gasteiger charge is -2.08. The molecule has 1 N–H and O–H groups in total. The van der Waals surface area contributed by atoms with Crippen molar-refractivity contribution in [1.82, 2.24) is 9.78 Å². The first kappa shape index (κ1) is 16.7. The Morgan fingerprint density at radius 1 is 1.23 bits per heavy atom. The van der Waals surface area contributed by atoms with Crippen LogP contribution in [0.5, 0.6) is 0 Å². The van der Waals surface area contributed by atoms with Gasteiger partial charge in [0, 0.05) is 24.1 Å². The van der Waals surface area contributed by atoms with E-state index >= 15 is 0 Å². The van der Waals surface area contributed by atoms with E-state index in [4.69, 9.17) is 0 Å². The van der Waals surface area contributed by atoms with E-state index < -0.39 is 0 Å². The Balaban J connectivity index is 1.50. The molecule has 2 heterocycles. The van der Waals surface area contributed by atoms with E-state index in [0.29, 0.717) is 16.8 Å². The SMILES string of the molecule is O=C(CSc1cccc[n+]1[O-])Nc1cc(C2CC2)nn1-c1ccccc1. The highest BCUT2D eigenvalue weighted by molar-refractivity contribution is 7.99. The number of nitrogens with one attached hydrogen (secondary N) is 1. The molecule has 7 heteroatoms. The number of para-hydroxylation sites is 1. The lowest BCUT2D eigenvalue weighted by Crippen LogP contribution is -2.28. The second kappa shape index (κ2) is 7.21. The van der Waals surface area contributed by atoms with Crippen LogP contribution in [0.15, 0.2) is 65.8 Å². The van der Waals surface area contributed by atoms with Crippen LogP contribution >= 0.6 is 11.8 Å². The predicted molar refractivity (Wildman–Crippen MR) is 100 cm³/mol. The number of carbonyl (C=O) groups is 1. The van der Waals surface area contributed by atoms with Gasteiger partial charge in [0.05, 0.1) is 17.1 Å². The van der Waals surface area contributed by atoms with Gasteiger partial charge in [-0.15, -0.1) is 0 Å². The number of anilines is 1. The predicted octanol–water partition coefficient (Wildman–Crippen LogP) is 3.11. The minimum absolute atomic E-state index is 0.158. The lowest BCUT2D eigenvalue weighted by atomic mass is 10.3. The van der Waals surface area contributed by atoms with Gasteiger partial charge in [-0.2, -0.15) is 9.83 Å². The minimum atomic E-state index is -0.168. The molecule has 1 aliphatic carbocycles. The van der Waals surface area contributed by atoms with E-state index in [1.54, 1.807) is 22.9 Å². The van der Waals surface area contributed by atoms with Gasteiger partial charge in [0.25, 0.3) is 5.03 Å². The van der Waals surface area contributed by atoms with E-state index in [2.05, 4.69) is 10.4 Å². The Bertz CT molecular complexity index is 922. The van der Waals surface area contributed by atoms with Gasteiger partial charge in [0.15, 0.2) is 6.20 Å². The van der Waals surface area contributed by atoms with Crippen molar-refractivity contribution >= 4 is 23.5 Å². The van der Waals surface area contributed by atoms with Gasteiger partial charge in [0.2, 0.25) is 5.91 Å². The van der Waals surface area contributed by atoms with Gasteiger partial charge in [-0.3, -0.25) is 4.79 Å². The number of amides is 1. The second-order valence-corrected chi connectivity index (χ2v) is 7.17. The minimum Gasteiger partial charge on any atom is -0.618 e. The Kier molecular flexibility index (Phi) is 4.62. The summed E-state index contributed by atoms with van der Waals surface area (Å²) in [6.07, 6.45) is 3.71. The van der Waals surface area contributed by atoms with Gasteiger partial charge in [-0.1, -0.05) is 18.2 Å². The van der Waals surface area contributed by atoms with Crippen molar-refractivity contribution in [2.75, 3.05) is 11.1 Å². The zero-order valence-electron chi connectivity index (χ0n) is 14.0. The Morgan fingerprint density at radius 2 is 2.00 bits per heavy atom. The smallest absolute Gasteiger partial charge is 0.251 e. The van der Waals surface area contributed by atoms with Gasteiger partial charge in [-0.05, 0) is 42.8 Å². The van der Waals surface area contributed by atoms with E-state index in [0.717, 1.165) is 29.0 Å². The average molecular weight is 366 g/mol. The summed E-state index contributed by atoms with van der Waals surface area (Å²) in [5.41, 5.74) is 1.92. The first-order chi connectivity index (χ1) is 12.7. The summed E-state index contributed by atoms with van der Waals surface area (Å²) in [7, 11) is 0. The van der Waals surface area contributed by atoms with Crippen LogP contribution in [-0.2, 0) is 4.79 Å². The maximum absolute atomic E-state index is 12.4. The quantitative estimate of drug-likeness (QED) is 0.413. The fourth-order valence-electron chi connectivity index (χ4n) is 2.68. The Labute approximate surface area is 155 Å². The highest BCUT2D eigenvalue weighted by atomic mass is 32.2. The van der Waals surface area contributed by atoms with Crippen molar-refractivity contribution in [2.45, 2.75) is 23.8 Å². The third kappa shape index (κ3) is 3.72. The van der Waals surface area contributed by atoms with Crippen LogP contribution in [0.2, 0.25) is 0 Å². The molecule has 1 saturated carbocycles. The van der Waals surface area contributed by atoms with Crippen molar-refractivity contribution in [3.8, 4) is 5.69 Å². The first-order valence-corrected chi connectivity index (χ1v) is 9.45. The summed E-state index contributed by atoms with van der Waals surface area (Å²) in [4.78, 5) is 12.4. The van der Waals surface area contributed by atoms with Crippen LogP contribution in [0.3, 0.4) is 0 Å². The molecule has 132 valence electrons. The van der Waals surface area contributed by atoms with Crippen LogP contribution < -0.4 is 10.0 Å². The summed E-state index contributed by atoms with van der Waals surface area (Å²) < 4.78 is 2.53. The van der Waals surface area contributed by atoms with Crippen LogP contribution in [-0.4, -0.2) is 21.4 Å². The summed E-state index contributed by atoms with van der Waals surface area (Å²) >= 11 is 1.21. The molecule has 0 aliphatic heterocycles. The van der Waals surface area contributed by atoms with Crippen molar-refractivity contribution in [1.29, 1.82) is 0 Å². The molecule has 1 fully saturated rings. The number of benzene rings is 1. The highest BCUT2D eigenvalue weighted by Gasteiger charge is 2.28. The molecular formula is C19H18N4O2S. The van der Waals surface area contributed by atoms with Gasteiger partial charge in [-0.25, -0.2) is 4.68 Å². The number of thioether (sulfide) groups is 1. The molecule has 3 aromatic rings. The number of rotatable bonds is 6. The molecule has 4 rings (SSSR count). The van der Waals surface area contributed by atoms with E-state index in [1.165, 1.54) is 18.0 Å². The molecule has 0 saturated heterocycles. The molecule has 0 radical (unpaired) electrons. The topological polar surface area (TPSA) is 73.9 Å². The van der Waals surface area contributed by atoms with Crippen molar-refractivity contribution in [3.05, 3.63) is 71.7 Å². The van der Waals surface area contributed by atoms with Crippen LogP contribution in [0, 0.1) is 5.21 Å². The third-order valence-electron chi connectivity index (χ3n) is 4.13. The molecule has 6 nitrogen and oxygen atoms in total. The summed E-state index contributed by atoms with van der Waals surface area (Å²) in [6, 6.07) is 16.8. The fraction of sp³-hybridized carbons (Fsp3) is 0.211. The summed E-state index contributed by atoms with van der Waals surface area (Å²) in [5, 5.41) is 19.8. The molecule has 0 bridgehead atoms. The van der Waals surface area contributed by atoms with Gasteiger partial charge < -0.3 is 10.5 Å². The molecule has 1 aromatic carbocycles. The highest BCUT2D eigenvalue weighted by Crippen LogP contribution is 2.40. The molecule has 0 atom stereocenters. The summed E-state index contributed by atoms with van der Waals surface area (Å²) in [5.74, 6) is 1.14. The molecule has 0 unspecified atom stereocenters. The zero-order valence-corrected chi connectivity index (χ0v) is 14.9. The number of nitrogens with zero attached hydrogens (tertiary/aromatic N) is 3. The maximum atomic E-state index is 12.4. The maximum Gasteiger partial charge on any atom is 0.251 e.